The molecule has 4 heteroatoms. The van der Waals surface area contributed by atoms with E-state index in [1.54, 1.807) is 0 Å². The standard InChI is InChI=1S/C8H8.C7H11NO.C7H12O2/c1-2-8-6-4-3-5-7-8;1-5(2)7-8-6(3)4-9-7;1-3-5-6-9-7(8)4-2/h2-7H,1H2;6H,1,4H2,2-3H3;4H,2-3,5-6H2,1H3. The van der Waals surface area contributed by atoms with Gasteiger partial charge in [-0.05, 0) is 25.8 Å². The molecule has 0 aromatic heterocycles. The number of aliphatic imine (C=N–C) groups is 1. The van der Waals surface area contributed by atoms with Gasteiger partial charge in [0.25, 0.3) is 0 Å². The number of hydrogen-bond donors (Lipinski definition) is 0. The van der Waals surface area contributed by atoms with Crippen LogP contribution in [0.2, 0.25) is 0 Å². The highest BCUT2D eigenvalue weighted by Gasteiger charge is 2.13. The molecule has 1 aromatic rings. The summed E-state index contributed by atoms with van der Waals surface area (Å²) in [5, 5.41) is 0. The van der Waals surface area contributed by atoms with Crippen molar-refractivity contribution in [1.29, 1.82) is 0 Å². The second-order valence-corrected chi connectivity index (χ2v) is 5.71. The Morgan fingerprint density at radius 3 is 2.35 bits per heavy atom. The van der Waals surface area contributed by atoms with Gasteiger partial charge >= 0.3 is 5.97 Å². The van der Waals surface area contributed by atoms with Gasteiger partial charge in [-0.2, -0.15) is 0 Å². The number of unbranched alkanes of at least 4 members (excludes halogenated alkanes) is 1. The molecule has 0 N–H and O–H groups in total. The summed E-state index contributed by atoms with van der Waals surface area (Å²) in [6.07, 6.45) is 4.99. The first-order chi connectivity index (χ1) is 12.4. The fourth-order valence-electron chi connectivity index (χ4n) is 1.67. The number of ether oxygens (including phenoxy) is 2. The maximum Gasteiger partial charge on any atom is 0.330 e. The van der Waals surface area contributed by atoms with Crippen LogP contribution >= 0.6 is 0 Å². The zero-order valence-corrected chi connectivity index (χ0v) is 16.2. The van der Waals surface area contributed by atoms with Gasteiger partial charge < -0.3 is 9.47 Å². The van der Waals surface area contributed by atoms with Gasteiger partial charge in [-0.3, -0.25) is 0 Å². The SMILES string of the molecule is C=C(C)C1=NC(C)CO1.C=CC(=O)OCCCC.C=Cc1ccccc1. The van der Waals surface area contributed by atoms with Crippen LogP contribution < -0.4 is 0 Å². The van der Waals surface area contributed by atoms with Crippen LogP contribution in [0.15, 0.2) is 66.7 Å². The number of nitrogens with zero attached hydrogens (tertiary/aromatic N) is 1. The molecule has 1 aromatic carbocycles. The average molecular weight is 357 g/mol. The molecule has 0 saturated carbocycles. The zero-order valence-electron chi connectivity index (χ0n) is 16.2. The molecule has 0 radical (unpaired) electrons. The van der Waals surface area contributed by atoms with Gasteiger partial charge in [0.2, 0.25) is 5.90 Å². The Balaban J connectivity index is 0.000000361. The first-order valence-electron chi connectivity index (χ1n) is 8.77. The highest BCUT2D eigenvalue weighted by atomic mass is 16.5. The van der Waals surface area contributed by atoms with Crippen LogP contribution in [0.4, 0.5) is 0 Å². The quantitative estimate of drug-likeness (QED) is 0.398. The lowest BCUT2D eigenvalue weighted by Crippen LogP contribution is -2.00. The van der Waals surface area contributed by atoms with Crippen molar-refractivity contribution in [3.63, 3.8) is 0 Å². The summed E-state index contributed by atoms with van der Waals surface area (Å²) in [6.45, 7) is 17.8. The van der Waals surface area contributed by atoms with Crippen molar-refractivity contribution in [2.45, 2.75) is 39.7 Å². The third-order valence-electron chi connectivity index (χ3n) is 3.11. The van der Waals surface area contributed by atoms with Crippen molar-refractivity contribution in [3.8, 4) is 0 Å². The van der Waals surface area contributed by atoms with E-state index in [9.17, 15) is 4.79 Å². The Hall–Kier alpha value is -2.62. The predicted octanol–water partition coefficient (Wildman–Crippen LogP) is 5.23. The summed E-state index contributed by atoms with van der Waals surface area (Å²) < 4.78 is 9.85. The van der Waals surface area contributed by atoms with Gasteiger partial charge in [-0.25, -0.2) is 9.79 Å². The van der Waals surface area contributed by atoms with Gasteiger partial charge in [0, 0.05) is 11.6 Å². The minimum absolute atomic E-state index is 0.316. The highest BCUT2D eigenvalue weighted by molar-refractivity contribution is 5.93. The highest BCUT2D eigenvalue weighted by Crippen LogP contribution is 2.07. The second kappa shape index (κ2) is 14.7. The molecule has 1 aliphatic rings. The van der Waals surface area contributed by atoms with Gasteiger partial charge in [0.1, 0.15) is 6.61 Å². The molecule has 1 aliphatic heterocycles. The molecule has 1 atom stereocenters. The van der Waals surface area contributed by atoms with E-state index in [4.69, 9.17) is 4.74 Å². The van der Waals surface area contributed by atoms with Gasteiger partial charge in [-0.15, -0.1) is 0 Å². The monoisotopic (exact) mass is 357 g/mol. The van der Waals surface area contributed by atoms with Gasteiger partial charge in [0.05, 0.1) is 12.6 Å². The van der Waals surface area contributed by atoms with E-state index in [1.165, 1.54) is 11.6 Å². The van der Waals surface area contributed by atoms with Crippen LogP contribution in [0, 0.1) is 0 Å². The number of carbonyl (C=O) groups excluding carboxylic acids is 1. The van der Waals surface area contributed by atoms with Crippen molar-refractivity contribution in [1.82, 2.24) is 0 Å². The molecule has 0 aliphatic carbocycles. The van der Waals surface area contributed by atoms with Gasteiger partial charge in [0.15, 0.2) is 0 Å². The largest absolute Gasteiger partial charge is 0.475 e. The Morgan fingerprint density at radius 1 is 1.35 bits per heavy atom. The van der Waals surface area contributed by atoms with Crippen molar-refractivity contribution >= 4 is 17.9 Å². The van der Waals surface area contributed by atoms with Crippen LogP contribution in [0.5, 0.6) is 0 Å². The lowest BCUT2D eigenvalue weighted by atomic mass is 10.2. The maximum atomic E-state index is 10.3. The fourth-order valence-corrected chi connectivity index (χ4v) is 1.67. The molecule has 142 valence electrons. The van der Waals surface area contributed by atoms with E-state index >= 15 is 0 Å². The van der Waals surface area contributed by atoms with Gasteiger partial charge in [-0.1, -0.05) is 69.5 Å². The lowest BCUT2D eigenvalue weighted by Gasteiger charge is -1.97. The van der Waals surface area contributed by atoms with Crippen molar-refractivity contribution < 1.29 is 14.3 Å². The zero-order chi connectivity index (χ0) is 19.8. The predicted molar refractivity (Wildman–Crippen MR) is 110 cm³/mol. The fraction of sp³-hybridized carbons (Fsp3) is 0.364. The van der Waals surface area contributed by atoms with Crippen LogP contribution in [-0.4, -0.2) is 31.1 Å². The van der Waals surface area contributed by atoms with E-state index < -0.39 is 0 Å². The summed E-state index contributed by atoms with van der Waals surface area (Å²) >= 11 is 0. The molecule has 1 heterocycles. The first kappa shape index (κ1) is 23.4. The average Bonchev–Trinajstić information content (AvgIpc) is 3.10. The second-order valence-electron chi connectivity index (χ2n) is 5.71. The molecule has 26 heavy (non-hydrogen) atoms. The van der Waals surface area contributed by atoms with E-state index in [0.717, 1.165) is 24.3 Å². The van der Waals surface area contributed by atoms with Crippen LogP contribution in [0.25, 0.3) is 6.08 Å². The summed E-state index contributed by atoms with van der Waals surface area (Å²) in [4.78, 5) is 14.5. The molecule has 0 amide bonds. The third-order valence-corrected chi connectivity index (χ3v) is 3.11. The molecule has 0 fully saturated rings. The number of rotatable bonds is 6. The first-order valence-corrected chi connectivity index (χ1v) is 8.77. The topological polar surface area (TPSA) is 47.9 Å². The Bertz CT molecular complexity index is 591. The van der Waals surface area contributed by atoms with Crippen LogP contribution in [-0.2, 0) is 14.3 Å². The van der Waals surface area contributed by atoms with Crippen molar-refractivity contribution in [2.75, 3.05) is 13.2 Å². The number of hydrogen-bond acceptors (Lipinski definition) is 4. The minimum Gasteiger partial charge on any atom is -0.475 e. The molecule has 4 nitrogen and oxygen atoms in total. The Morgan fingerprint density at radius 2 is 2.00 bits per heavy atom. The van der Waals surface area contributed by atoms with Crippen LogP contribution in [0.3, 0.4) is 0 Å². The lowest BCUT2D eigenvalue weighted by molar-refractivity contribution is -0.137. The normalized spacial score (nSPS) is 14.3. The number of esters is 1. The van der Waals surface area contributed by atoms with E-state index in [1.807, 2.05) is 57.2 Å². The summed E-state index contributed by atoms with van der Waals surface area (Å²) in [5.41, 5.74) is 2.09. The van der Waals surface area contributed by atoms with Crippen molar-refractivity contribution in [3.05, 3.63) is 67.3 Å². The molecule has 1 unspecified atom stereocenters. The Labute approximate surface area is 157 Å². The molecule has 0 saturated heterocycles. The number of carbonyl (C=O) groups is 1. The molecule has 0 spiro atoms. The van der Waals surface area contributed by atoms with E-state index in [2.05, 4.69) is 29.5 Å². The maximum absolute atomic E-state index is 10.3. The molecular weight excluding hydrogens is 326 g/mol. The molecular formula is C22H31NO3. The summed E-state index contributed by atoms with van der Waals surface area (Å²) in [7, 11) is 0. The van der Waals surface area contributed by atoms with Crippen LogP contribution in [0.1, 0.15) is 39.2 Å². The molecule has 2 rings (SSSR count). The smallest absolute Gasteiger partial charge is 0.330 e. The molecule has 0 bridgehead atoms. The van der Waals surface area contributed by atoms with E-state index in [-0.39, 0.29) is 5.97 Å². The summed E-state index contributed by atoms with van der Waals surface area (Å²) in [6, 6.07) is 10.3. The summed E-state index contributed by atoms with van der Waals surface area (Å²) in [5.74, 6) is 0.394. The van der Waals surface area contributed by atoms with Crippen molar-refractivity contribution in [2.24, 2.45) is 4.99 Å². The minimum atomic E-state index is -0.330. The van der Waals surface area contributed by atoms with E-state index in [0.29, 0.717) is 19.3 Å². The third kappa shape index (κ3) is 11.8. The Kier molecular flexibility index (Phi) is 13.2. The number of benzene rings is 1.